The molecule has 0 bridgehead atoms. The van der Waals surface area contributed by atoms with Crippen LogP contribution in [0.25, 0.3) is 10.2 Å². The maximum Gasteiger partial charge on any atom is 0.260 e. The molecule has 1 unspecified atom stereocenters. The number of likely N-dealkylation sites (N-methyl/N-ethyl adjacent to an activating group) is 1. The number of amides is 1. The Morgan fingerprint density at radius 3 is 2.61 bits per heavy atom. The summed E-state index contributed by atoms with van der Waals surface area (Å²) in [4.78, 5) is 24.8. The Morgan fingerprint density at radius 2 is 1.92 bits per heavy atom. The van der Waals surface area contributed by atoms with Gasteiger partial charge in [0.25, 0.3) is 5.91 Å². The molecule has 0 aliphatic carbocycles. The van der Waals surface area contributed by atoms with Crippen molar-refractivity contribution < 1.29 is 17.9 Å². The first kappa shape index (κ1) is 26.4. The van der Waals surface area contributed by atoms with Gasteiger partial charge >= 0.3 is 0 Å². The zero-order chi connectivity index (χ0) is 26.7. The Bertz CT molecular complexity index is 1520. The van der Waals surface area contributed by atoms with E-state index in [9.17, 15) is 13.2 Å². The van der Waals surface area contributed by atoms with Crippen LogP contribution < -0.4 is 4.90 Å². The number of rotatable bonds is 9. The van der Waals surface area contributed by atoms with Crippen molar-refractivity contribution in [1.29, 1.82) is 0 Å². The van der Waals surface area contributed by atoms with Crippen molar-refractivity contribution in [3.05, 3.63) is 83.7 Å². The highest BCUT2D eigenvalue weighted by molar-refractivity contribution is 7.89. The number of sulfonamides is 1. The Morgan fingerprint density at radius 1 is 1.11 bits per heavy atom. The minimum absolute atomic E-state index is 0.0854. The van der Waals surface area contributed by atoms with Crippen LogP contribution in [-0.2, 0) is 27.7 Å². The Balaban J connectivity index is 1.44. The van der Waals surface area contributed by atoms with Crippen molar-refractivity contribution >= 4 is 42.6 Å². The topological polar surface area (TPSA) is 92.7 Å². The number of benzene rings is 2. The molecular formula is C28H30N4O4S2. The SMILES string of the molecule is CCc1cccc2sc(N(Cc3ccccn3)C(=O)c3ccc(S(=O)(=O)N(C)CC4CCCO4)cc3)nc12. The molecule has 4 aromatic rings. The van der Waals surface area contributed by atoms with Crippen molar-refractivity contribution in [1.82, 2.24) is 14.3 Å². The third kappa shape index (κ3) is 5.49. The standard InChI is InChI=1S/C28H30N4O4S2/c1-3-20-8-6-11-25-26(20)30-28(37-25)32(18-22-9-4-5-16-29-22)27(33)21-12-14-24(15-13-21)38(34,35)31(2)19-23-10-7-17-36-23/h4-6,8-9,11-16,23H,3,7,10,17-19H2,1-2H3. The number of hydrogen-bond donors (Lipinski definition) is 0. The molecule has 10 heteroatoms. The number of pyridine rings is 1. The van der Waals surface area contributed by atoms with Gasteiger partial charge in [0, 0.05) is 32.0 Å². The zero-order valence-electron chi connectivity index (χ0n) is 21.4. The van der Waals surface area contributed by atoms with Gasteiger partial charge in [-0.1, -0.05) is 36.5 Å². The summed E-state index contributed by atoms with van der Waals surface area (Å²) in [5.41, 5.74) is 3.11. The van der Waals surface area contributed by atoms with Crippen LogP contribution >= 0.6 is 11.3 Å². The molecule has 38 heavy (non-hydrogen) atoms. The number of thiazole rings is 1. The number of aromatic nitrogens is 2. The first-order valence-corrected chi connectivity index (χ1v) is 14.9. The summed E-state index contributed by atoms with van der Waals surface area (Å²) in [7, 11) is -2.15. The lowest BCUT2D eigenvalue weighted by molar-refractivity contribution is 0.0978. The van der Waals surface area contributed by atoms with Gasteiger partial charge in [-0.15, -0.1) is 0 Å². The highest BCUT2D eigenvalue weighted by Gasteiger charge is 2.27. The summed E-state index contributed by atoms with van der Waals surface area (Å²) in [6.45, 7) is 3.29. The number of carbonyl (C=O) groups is 1. The smallest absolute Gasteiger partial charge is 0.260 e. The second-order valence-electron chi connectivity index (χ2n) is 9.27. The van der Waals surface area contributed by atoms with Crippen LogP contribution in [-0.4, -0.2) is 54.9 Å². The fraction of sp³-hybridized carbons (Fsp3) is 0.321. The van der Waals surface area contributed by atoms with Crippen molar-refractivity contribution in [3.63, 3.8) is 0 Å². The monoisotopic (exact) mass is 550 g/mol. The molecular weight excluding hydrogens is 520 g/mol. The van der Waals surface area contributed by atoms with Gasteiger partial charge in [0.2, 0.25) is 10.0 Å². The summed E-state index contributed by atoms with van der Waals surface area (Å²) in [5.74, 6) is -0.274. The van der Waals surface area contributed by atoms with Gasteiger partial charge in [-0.3, -0.25) is 14.7 Å². The summed E-state index contributed by atoms with van der Waals surface area (Å²) in [5, 5.41) is 0.574. The molecule has 2 aromatic heterocycles. The van der Waals surface area contributed by atoms with Gasteiger partial charge in [0.05, 0.1) is 33.5 Å². The van der Waals surface area contributed by atoms with E-state index in [0.717, 1.165) is 40.7 Å². The molecule has 3 heterocycles. The van der Waals surface area contributed by atoms with Crippen LogP contribution in [0.4, 0.5) is 5.13 Å². The highest BCUT2D eigenvalue weighted by atomic mass is 32.2. The quantitative estimate of drug-likeness (QED) is 0.294. The van der Waals surface area contributed by atoms with Crippen molar-refractivity contribution in [2.45, 2.75) is 43.7 Å². The summed E-state index contributed by atoms with van der Waals surface area (Å²) in [6, 6.07) is 17.7. The average Bonchev–Trinajstić information content (AvgIpc) is 3.62. The van der Waals surface area contributed by atoms with Crippen LogP contribution in [0.1, 0.15) is 41.4 Å². The number of nitrogens with zero attached hydrogens (tertiary/aromatic N) is 4. The Labute approximate surface area is 227 Å². The Kier molecular flexibility index (Phi) is 7.85. The molecule has 1 atom stereocenters. The predicted molar refractivity (Wildman–Crippen MR) is 149 cm³/mol. The minimum Gasteiger partial charge on any atom is -0.377 e. The lowest BCUT2D eigenvalue weighted by atomic mass is 10.1. The van der Waals surface area contributed by atoms with E-state index in [0.29, 0.717) is 23.8 Å². The van der Waals surface area contributed by atoms with E-state index in [-0.39, 0.29) is 23.5 Å². The number of anilines is 1. The molecule has 0 spiro atoms. The van der Waals surface area contributed by atoms with E-state index in [1.54, 1.807) is 30.3 Å². The van der Waals surface area contributed by atoms with Gasteiger partial charge in [0.15, 0.2) is 5.13 Å². The van der Waals surface area contributed by atoms with Crippen LogP contribution in [0, 0.1) is 0 Å². The van der Waals surface area contributed by atoms with Gasteiger partial charge in [0.1, 0.15) is 0 Å². The second-order valence-corrected chi connectivity index (χ2v) is 12.3. The molecule has 198 valence electrons. The predicted octanol–water partition coefficient (Wildman–Crippen LogP) is 4.90. The fourth-order valence-corrected chi connectivity index (χ4v) is 6.77. The van der Waals surface area contributed by atoms with E-state index < -0.39 is 10.0 Å². The van der Waals surface area contributed by atoms with Crippen LogP contribution in [0.2, 0.25) is 0 Å². The van der Waals surface area contributed by atoms with E-state index >= 15 is 0 Å². The van der Waals surface area contributed by atoms with E-state index in [2.05, 4.69) is 11.9 Å². The van der Waals surface area contributed by atoms with E-state index in [1.807, 2.05) is 36.4 Å². The third-order valence-corrected chi connectivity index (χ3v) is 9.57. The minimum atomic E-state index is -3.71. The normalized spacial score (nSPS) is 15.8. The molecule has 2 aromatic carbocycles. The first-order valence-electron chi connectivity index (χ1n) is 12.6. The number of aryl methyl sites for hydroxylation is 1. The number of fused-ring (bicyclic) bond motifs is 1. The van der Waals surface area contributed by atoms with Gasteiger partial charge in [-0.25, -0.2) is 13.4 Å². The van der Waals surface area contributed by atoms with E-state index in [1.165, 1.54) is 27.8 Å². The Hall–Kier alpha value is -3.18. The number of hydrogen-bond acceptors (Lipinski definition) is 7. The van der Waals surface area contributed by atoms with Gasteiger partial charge < -0.3 is 4.74 Å². The molecule has 1 fully saturated rings. The lowest BCUT2D eigenvalue weighted by Gasteiger charge is -2.21. The molecule has 0 N–H and O–H groups in total. The molecule has 1 aliphatic heterocycles. The number of para-hydroxylation sites is 1. The van der Waals surface area contributed by atoms with Crippen LogP contribution in [0.3, 0.4) is 0 Å². The summed E-state index contributed by atoms with van der Waals surface area (Å²) in [6.07, 6.45) is 4.24. The second kappa shape index (κ2) is 11.3. The van der Waals surface area contributed by atoms with Gasteiger partial charge in [-0.05, 0) is 67.3 Å². The molecule has 8 nitrogen and oxygen atoms in total. The highest BCUT2D eigenvalue weighted by Crippen LogP contribution is 2.33. The fourth-order valence-electron chi connectivity index (χ4n) is 4.55. The largest absolute Gasteiger partial charge is 0.377 e. The van der Waals surface area contributed by atoms with Crippen LogP contribution in [0.15, 0.2) is 71.8 Å². The maximum atomic E-state index is 13.8. The molecule has 5 rings (SSSR count). The zero-order valence-corrected chi connectivity index (χ0v) is 23.0. The van der Waals surface area contributed by atoms with Crippen LogP contribution in [0.5, 0.6) is 0 Å². The molecule has 1 amide bonds. The van der Waals surface area contributed by atoms with Crippen molar-refractivity contribution in [3.8, 4) is 0 Å². The maximum absolute atomic E-state index is 13.8. The molecule has 0 radical (unpaired) electrons. The summed E-state index contributed by atoms with van der Waals surface area (Å²) >= 11 is 1.46. The average molecular weight is 551 g/mol. The lowest BCUT2D eigenvalue weighted by Crippen LogP contribution is -2.34. The van der Waals surface area contributed by atoms with Crippen molar-refractivity contribution in [2.24, 2.45) is 0 Å². The number of ether oxygens (including phenoxy) is 1. The first-order chi connectivity index (χ1) is 18.4. The third-order valence-electron chi connectivity index (χ3n) is 6.69. The molecule has 1 aliphatic rings. The molecule has 0 saturated carbocycles. The number of carbonyl (C=O) groups excluding carboxylic acids is 1. The van der Waals surface area contributed by atoms with E-state index in [4.69, 9.17) is 9.72 Å². The summed E-state index contributed by atoms with van der Waals surface area (Å²) < 4.78 is 34.2. The van der Waals surface area contributed by atoms with Crippen molar-refractivity contribution in [2.75, 3.05) is 25.1 Å². The van der Waals surface area contributed by atoms with Gasteiger partial charge in [-0.2, -0.15) is 4.31 Å². The molecule has 1 saturated heterocycles.